The monoisotopic (exact) mass is 335 g/mol. The smallest absolute Gasteiger partial charge is 0.224 e. The fourth-order valence-corrected chi connectivity index (χ4v) is 2.70. The van der Waals surface area contributed by atoms with E-state index in [2.05, 4.69) is 5.32 Å². The van der Waals surface area contributed by atoms with Gasteiger partial charge in [-0.15, -0.1) is 11.3 Å². The normalized spacial score (nSPS) is 10.3. The summed E-state index contributed by atoms with van der Waals surface area (Å²) in [6, 6.07) is 8.22. The van der Waals surface area contributed by atoms with Gasteiger partial charge in [0.1, 0.15) is 0 Å². The number of hydrogen-bond donors (Lipinski definition) is 1. The Morgan fingerprint density at radius 1 is 1.18 bits per heavy atom. The van der Waals surface area contributed by atoms with Gasteiger partial charge in [0.05, 0.1) is 15.6 Å². The molecule has 0 radical (unpaired) electrons. The van der Waals surface area contributed by atoms with Gasteiger partial charge >= 0.3 is 0 Å². The number of carbonyl (C=O) groups excluding carboxylic acids is 3. The van der Waals surface area contributed by atoms with Crippen molar-refractivity contribution < 1.29 is 14.4 Å². The largest absolute Gasteiger partial charge is 0.325 e. The number of benzene rings is 1. The van der Waals surface area contributed by atoms with Crippen LogP contribution in [-0.4, -0.2) is 17.5 Å². The number of hydrogen-bond acceptors (Lipinski definition) is 4. The number of anilines is 1. The SMILES string of the molecule is CC(=O)c1ccc(Cl)c(NC(=O)CCC(=O)c2cccs2)c1. The van der Waals surface area contributed by atoms with E-state index in [1.807, 2.05) is 5.38 Å². The Morgan fingerprint density at radius 2 is 1.95 bits per heavy atom. The van der Waals surface area contributed by atoms with E-state index in [0.717, 1.165) is 0 Å². The molecule has 0 aliphatic carbocycles. The lowest BCUT2D eigenvalue weighted by atomic mass is 10.1. The summed E-state index contributed by atoms with van der Waals surface area (Å²) in [5.74, 6) is -0.485. The molecular weight excluding hydrogens is 322 g/mol. The highest BCUT2D eigenvalue weighted by Gasteiger charge is 2.12. The van der Waals surface area contributed by atoms with E-state index in [-0.39, 0.29) is 30.3 Å². The first-order valence-corrected chi connectivity index (χ1v) is 7.90. The van der Waals surface area contributed by atoms with Crippen LogP contribution in [0.15, 0.2) is 35.7 Å². The summed E-state index contributed by atoms with van der Waals surface area (Å²) in [6.07, 6.45) is 0.202. The molecule has 0 saturated heterocycles. The molecule has 0 atom stereocenters. The van der Waals surface area contributed by atoms with Crippen molar-refractivity contribution in [3.05, 3.63) is 51.2 Å². The van der Waals surface area contributed by atoms with Gasteiger partial charge in [-0.2, -0.15) is 0 Å². The molecular formula is C16H14ClNO3S. The van der Waals surface area contributed by atoms with E-state index in [4.69, 9.17) is 11.6 Å². The summed E-state index contributed by atoms with van der Waals surface area (Å²) in [5.41, 5.74) is 0.845. The predicted octanol–water partition coefficient (Wildman–Crippen LogP) is 4.21. The third kappa shape index (κ3) is 4.26. The average molecular weight is 336 g/mol. The molecule has 1 aromatic heterocycles. The maximum atomic E-state index is 11.9. The maximum Gasteiger partial charge on any atom is 0.224 e. The van der Waals surface area contributed by atoms with E-state index < -0.39 is 0 Å². The Morgan fingerprint density at radius 3 is 2.59 bits per heavy atom. The van der Waals surface area contributed by atoms with Crippen LogP contribution in [0.25, 0.3) is 0 Å². The number of Topliss-reactive ketones (excluding diaryl/α,β-unsaturated/α-hetero) is 2. The molecule has 0 aliphatic rings. The number of amides is 1. The van der Waals surface area contributed by atoms with Gasteiger partial charge in [0.2, 0.25) is 5.91 Å². The first-order chi connectivity index (χ1) is 10.5. The van der Waals surface area contributed by atoms with Gasteiger partial charge in [-0.05, 0) is 36.6 Å². The minimum atomic E-state index is -0.312. The second-order valence-electron chi connectivity index (χ2n) is 4.70. The number of carbonyl (C=O) groups is 3. The zero-order chi connectivity index (χ0) is 16.1. The maximum absolute atomic E-state index is 11.9. The van der Waals surface area contributed by atoms with Crippen LogP contribution in [0.3, 0.4) is 0 Å². The Hall–Kier alpha value is -1.98. The first-order valence-electron chi connectivity index (χ1n) is 6.64. The van der Waals surface area contributed by atoms with E-state index in [1.165, 1.54) is 24.3 Å². The first kappa shape index (κ1) is 16.4. The Labute approximate surface area is 137 Å². The molecule has 0 fully saturated rings. The number of halogens is 1. The average Bonchev–Trinajstić information content (AvgIpc) is 3.01. The second kappa shape index (κ2) is 7.33. The van der Waals surface area contributed by atoms with E-state index in [9.17, 15) is 14.4 Å². The molecule has 4 nitrogen and oxygen atoms in total. The van der Waals surface area contributed by atoms with Gasteiger partial charge in [-0.25, -0.2) is 0 Å². The molecule has 22 heavy (non-hydrogen) atoms. The van der Waals surface area contributed by atoms with Crippen molar-refractivity contribution in [2.75, 3.05) is 5.32 Å². The summed E-state index contributed by atoms with van der Waals surface area (Å²) in [7, 11) is 0. The molecule has 1 N–H and O–H groups in total. The van der Waals surface area contributed by atoms with E-state index in [1.54, 1.807) is 24.3 Å². The Bertz CT molecular complexity index is 710. The van der Waals surface area contributed by atoms with Crippen LogP contribution in [0.2, 0.25) is 5.02 Å². The molecule has 2 rings (SSSR count). The van der Waals surface area contributed by atoms with Crippen molar-refractivity contribution in [3.8, 4) is 0 Å². The van der Waals surface area contributed by atoms with Crippen LogP contribution in [-0.2, 0) is 4.79 Å². The molecule has 2 aromatic rings. The fraction of sp³-hybridized carbons (Fsp3) is 0.188. The molecule has 114 valence electrons. The minimum absolute atomic E-state index is 0.0614. The summed E-state index contributed by atoms with van der Waals surface area (Å²) in [4.78, 5) is 35.7. The van der Waals surface area contributed by atoms with Gasteiger partial charge in [-0.1, -0.05) is 17.7 Å². The molecule has 0 bridgehead atoms. The van der Waals surface area contributed by atoms with Crippen LogP contribution in [0.5, 0.6) is 0 Å². The van der Waals surface area contributed by atoms with E-state index in [0.29, 0.717) is 21.2 Å². The van der Waals surface area contributed by atoms with Crippen LogP contribution in [0.1, 0.15) is 39.8 Å². The van der Waals surface area contributed by atoms with E-state index >= 15 is 0 Å². The Balaban J connectivity index is 1.96. The topological polar surface area (TPSA) is 63.2 Å². The van der Waals surface area contributed by atoms with Crippen LogP contribution < -0.4 is 5.32 Å². The standard InChI is InChI=1S/C16H14ClNO3S/c1-10(19)11-4-5-12(17)13(9-11)18-16(21)7-6-14(20)15-3-2-8-22-15/h2-5,8-9H,6-7H2,1H3,(H,18,21). The molecule has 1 amide bonds. The summed E-state index contributed by atoms with van der Waals surface area (Å²) in [5, 5.41) is 4.80. The van der Waals surface area contributed by atoms with Crippen molar-refractivity contribution in [3.63, 3.8) is 0 Å². The lowest BCUT2D eigenvalue weighted by molar-refractivity contribution is -0.116. The van der Waals surface area contributed by atoms with Crippen LogP contribution in [0, 0.1) is 0 Å². The Kier molecular flexibility index (Phi) is 5.46. The molecule has 0 saturated carbocycles. The van der Waals surface area contributed by atoms with Crippen molar-refractivity contribution >= 4 is 46.1 Å². The van der Waals surface area contributed by atoms with Crippen LogP contribution >= 0.6 is 22.9 Å². The molecule has 1 aromatic carbocycles. The lowest BCUT2D eigenvalue weighted by Crippen LogP contribution is -2.14. The van der Waals surface area contributed by atoms with Gasteiger partial charge in [0.15, 0.2) is 11.6 Å². The summed E-state index contributed by atoms with van der Waals surface area (Å²) < 4.78 is 0. The highest BCUT2D eigenvalue weighted by atomic mass is 35.5. The molecule has 0 unspecified atom stereocenters. The number of thiophene rings is 1. The zero-order valence-electron chi connectivity index (χ0n) is 11.9. The molecule has 0 spiro atoms. The van der Waals surface area contributed by atoms with Gasteiger partial charge in [0.25, 0.3) is 0 Å². The number of rotatable bonds is 6. The molecule has 6 heteroatoms. The fourth-order valence-electron chi connectivity index (χ4n) is 1.84. The second-order valence-corrected chi connectivity index (χ2v) is 6.05. The van der Waals surface area contributed by atoms with Crippen LogP contribution in [0.4, 0.5) is 5.69 Å². The number of ketones is 2. The minimum Gasteiger partial charge on any atom is -0.325 e. The van der Waals surface area contributed by atoms with Gasteiger partial charge in [0, 0.05) is 18.4 Å². The quantitative estimate of drug-likeness (QED) is 0.804. The predicted molar refractivity (Wildman–Crippen MR) is 88.0 cm³/mol. The van der Waals surface area contributed by atoms with Gasteiger partial charge in [-0.3, -0.25) is 14.4 Å². The zero-order valence-corrected chi connectivity index (χ0v) is 13.5. The lowest BCUT2D eigenvalue weighted by Gasteiger charge is -2.08. The molecule has 0 aliphatic heterocycles. The van der Waals surface area contributed by atoms with Crippen molar-refractivity contribution in [1.82, 2.24) is 0 Å². The van der Waals surface area contributed by atoms with Crippen molar-refractivity contribution in [2.24, 2.45) is 0 Å². The third-order valence-corrected chi connectivity index (χ3v) is 4.26. The van der Waals surface area contributed by atoms with Crippen molar-refractivity contribution in [2.45, 2.75) is 19.8 Å². The highest BCUT2D eigenvalue weighted by Crippen LogP contribution is 2.23. The summed E-state index contributed by atoms with van der Waals surface area (Å²) in [6.45, 7) is 1.44. The number of nitrogens with one attached hydrogen (secondary N) is 1. The highest BCUT2D eigenvalue weighted by molar-refractivity contribution is 7.12. The van der Waals surface area contributed by atoms with Crippen molar-refractivity contribution in [1.29, 1.82) is 0 Å². The summed E-state index contributed by atoms with van der Waals surface area (Å²) >= 11 is 7.35. The third-order valence-electron chi connectivity index (χ3n) is 3.02. The van der Waals surface area contributed by atoms with Gasteiger partial charge < -0.3 is 5.32 Å². The molecule has 1 heterocycles.